The highest BCUT2D eigenvalue weighted by Gasteiger charge is 2.20. The van der Waals surface area contributed by atoms with Gasteiger partial charge < -0.3 is 14.4 Å². The van der Waals surface area contributed by atoms with Crippen LogP contribution in [0.1, 0.15) is 46.1 Å². The highest BCUT2D eigenvalue weighted by molar-refractivity contribution is 7.09. The van der Waals surface area contributed by atoms with E-state index < -0.39 is 5.97 Å². The fourth-order valence-corrected chi connectivity index (χ4v) is 3.40. The van der Waals surface area contributed by atoms with E-state index in [1.54, 1.807) is 41.5 Å². The molecule has 2 rings (SSSR count). The van der Waals surface area contributed by atoms with Gasteiger partial charge in [0.15, 0.2) is 5.69 Å². The molecule has 0 aliphatic rings. The molecule has 8 heteroatoms. The second-order valence-electron chi connectivity index (χ2n) is 5.60. The van der Waals surface area contributed by atoms with E-state index in [4.69, 9.17) is 21.1 Å². The van der Waals surface area contributed by atoms with Crippen LogP contribution in [0, 0.1) is 0 Å². The Hall–Kier alpha value is -1.96. The first-order chi connectivity index (χ1) is 13.1. The minimum absolute atomic E-state index is 0.176. The summed E-state index contributed by atoms with van der Waals surface area (Å²) in [5, 5.41) is 2.71. The summed E-state index contributed by atoms with van der Waals surface area (Å²) < 4.78 is 10.3. The van der Waals surface area contributed by atoms with Crippen LogP contribution in [0.4, 0.5) is 0 Å². The maximum Gasteiger partial charge on any atom is 0.357 e. The summed E-state index contributed by atoms with van der Waals surface area (Å²) in [6.07, 6.45) is 0.695. The van der Waals surface area contributed by atoms with Crippen LogP contribution in [0.25, 0.3) is 0 Å². The minimum atomic E-state index is -0.458. The predicted octanol–water partition coefficient (Wildman–Crippen LogP) is 4.04. The molecule has 0 spiro atoms. The number of nitrogens with zero attached hydrogens (tertiary/aromatic N) is 2. The Labute approximate surface area is 168 Å². The molecule has 0 unspecified atom stereocenters. The number of carbonyl (C=O) groups excluding carboxylic acids is 2. The molecule has 0 N–H and O–H groups in total. The Kier molecular flexibility index (Phi) is 8.71. The molecular formula is C19H23ClN2O4S. The number of aromatic nitrogens is 1. The molecule has 0 saturated carbocycles. The number of ether oxygens (including phenoxy) is 2. The molecule has 146 valence electrons. The molecule has 0 saturated heterocycles. The van der Waals surface area contributed by atoms with E-state index in [0.717, 1.165) is 0 Å². The number of carbonyl (C=O) groups is 2. The predicted molar refractivity (Wildman–Crippen MR) is 105 cm³/mol. The second-order valence-corrected chi connectivity index (χ2v) is 6.95. The zero-order valence-electron chi connectivity index (χ0n) is 15.4. The average molecular weight is 411 g/mol. The zero-order valence-corrected chi connectivity index (χ0v) is 17.0. The summed E-state index contributed by atoms with van der Waals surface area (Å²) in [6.45, 7) is 5.95. The van der Waals surface area contributed by atoms with Crippen LogP contribution in [-0.4, -0.2) is 48.1 Å². The van der Waals surface area contributed by atoms with Crippen molar-refractivity contribution in [3.63, 3.8) is 0 Å². The fourth-order valence-electron chi connectivity index (χ4n) is 2.40. The van der Waals surface area contributed by atoms with Gasteiger partial charge in [0.25, 0.3) is 5.91 Å². The van der Waals surface area contributed by atoms with E-state index in [1.807, 2.05) is 6.92 Å². The van der Waals surface area contributed by atoms with Gasteiger partial charge in [0.1, 0.15) is 5.01 Å². The van der Waals surface area contributed by atoms with Gasteiger partial charge in [-0.1, -0.05) is 23.7 Å². The molecular weight excluding hydrogens is 388 g/mol. The van der Waals surface area contributed by atoms with Gasteiger partial charge in [0.05, 0.1) is 23.7 Å². The third-order valence-electron chi connectivity index (χ3n) is 3.67. The molecule has 0 fully saturated rings. The largest absolute Gasteiger partial charge is 0.461 e. The molecule has 1 amide bonds. The lowest BCUT2D eigenvalue weighted by atomic mass is 10.2. The van der Waals surface area contributed by atoms with E-state index in [0.29, 0.717) is 54.9 Å². The summed E-state index contributed by atoms with van der Waals surface area (Å²) in [6, 6.07) is 6.95. The van der Waals surface area contributed by atoms with Gasteiger partial charge in [-0.25, -0.2) is 9.78 Å². The monoisotopic (exact) mass is 410 g/mol. The quantitative estimate of drug-likeness (QED) is 0.436. The second kappa shape index (κ2) is 11.0. The number of thiazole rings is 1. The van der Waals surface area contributed by atoms with Crippen molar-refractivity contribution >= 4 is 34.8 Å². The molecule has 0 bridgehead atoms. The summed E-state index contributed by atoms with van der Waals surface area (Å²) >= 11 is 7.51. The number of rotatable bonds is 10. The van der Waals surface area contributed by atoms with Crippen LogP contribution < -0.4 is 0 Å². The maximum absolute atomic E-state index is 13.0. The first kappa shape index (κ1) is 21.3. The van der Waals surface area contributed by atoms with Gasteiger partial charge in [-0.05, 0) is 32.4 Å². The molecule has 1 aromatic carbocycles. The number of esters is 1. The van der Waals surface area contributed by atoms with Crippen LogP contribution >= 0.6 is 22.9 Å². The molecule has 6 nitrogen and oxygen atoms in total. The topological polar surface area (TPSA) is 68.7 Å². The summed E-state index contributed by atoms with van der Waals surface area (Å²) in [5.74, 6) is -0.634. The fraction of sp³-hybridized carbons (Fsp3) is 0.421. The Morgan fingerprint density at radius 2 is 2.00 bits per heavy atom. The van der Waals surface area contributed by atoms with Gasteiger partial charge in [-0.3, -0.25) is 4.79 Å². The average Bonchev–Trinajstić information content (AvgIpc) is 3.13. The van der Waals surface area contributed by atoms with Crippen LogP contribution in [0.5, 0.6) is 0 Å². The van der Waals surface area contributed by atoms with Crippen molar-refractivity contribution < 1.29 is 19.1 Å². The van der Waals surface area contributed by atoms with Crippen molar-refractivity contribution in [3.8, 4) is 0 Å². The van der Waals surface area contributed by atoms with Crippen molar-refractivity contribution in [3.05, 3.63) is 50.9 Å². The lowest BCUT2D eigenvalue weighted by Crippen LogP contribution is -2.32. The van der Waals surface area contributed by atoms with Crippen LogP contribution in [0.2, 0.25) is 5.02 Å². The number of hydrogen-bond donors (Lipinski definition) is 0. The van der Waals surface area contributed by atoms with Gasteiger partial charge in [0, 0.05) is 25.1 Å². The molecule has 1 aromatic heterocycles. The van der Waals surface area contributed by atoms with Crippen molar-refractivity contribution in [1.82, 2.24) is 9.88 Å². The third-order valence-corrected chi connectivity index (χ3v) is 4.84. The summed E-state index contributed by atoms with van der Waals surface area (Å²) in [5.41, 5.74) is 0.703. The lowest BCUT2D eigenvalue weighted by molar-refractivity contribution is 0.0520. The van der Waals surface area contributed by atoms with Crippen molar-refractivity contribution in [2.75, 3.05) is 26.4 Å². The number of amides is 1. The molecule has 2 aromatic rings. The van der Waals surface area contributed by atoms with Gasteiger partial charge in [-0.15, -0.1) is 11.3 Å². The minimum Gasteiger partial charge on any atom is -0.461 e. The number of halogens is 1. The lowest BCUT2D eigenvalue weighted by Gasteiger charge is -2.22. The summed E-state index contributed by atoms with van der Waals surface area (Å²) in [7, 11) is 0. The molecule has 0 atom stereocenters. The molecule has 27 heavy (non-hydrogen) atoms. The highest BCUT2D eigenvalue weighted by Crippen LogP contribution is 2.20. The van der Waals surface area contributed by atoms with Crippen molar-refractivity contribution in [1.29, 1.82) is 0 Å². The van der Waals surface area contributed by atoms with Crippen LogP contribution in [-0.2, 0) is 16.0 Å². The van der Waals surface area contributed by atoms with E-state index in [-0.39, 0.29) is 11.6 Å². The standard InChI is InChI=1S/C19H23ClN2O4S/c1-3-25-11-7-10-22(18(23)14-8-5-6-9-15(14)20)12-17-21-16(13-27-17)19(24)26-4-2/h5-6,8-9,13H,3-4,7,10-12H2,1-2H3. The van der Waals surface area contributed by atoms with Gasteiger partial charge in [-0.2, -0.15) is 0 Å². The van der Waals surface area contributed by atoms with E-state index in [1.165, 1.54) is 11.3 Å². The molecule has 1 heterocycles. The van der Waals surface area contributed by atoms with Crippen molar-refractivity contribution in [2.45, 2.75) is 26.8 Å². The first-order valence-corrected chi connectivity index (χ1v) is 10.1. The van der Waals surface area contributed by atoms with E-state index >= 15 is 0 Å². The number of benzene rings is 1. The zero-order chi connectivity index (χ0) is 19.6. The Morgan fingerprint density at radius 3 is 2.70 bits per heavy atom. The third kappa shape index (κ3) is 6.30. The number of hydrogen-bond acceptors (Lipinski definition) is 6. The maximum atomic E-state index is 13.0. The smallest absolute Gasteiger partial charge is 0.357 e. The molecule has 0 radical (unpaired) electrons. The highest BCUT2D eigenvalue weighted by atomic mass is 35.5. The Bertz CT molecular complexity index is 766. The van der Waals surface area contributed by atoms with Crippen molar-refractivity contribution in [2.24, 2.45) is 0 Å². The first-order valence-electron chi connectivity index (χ1n) is 8.79. The van der Waals surface area contributed by atoms with Gasteiger partial charge in [0.2, 0.25) is 0 Å². The SMILES string of the molecule is CCOCCCN(Cc1nc(C(=O)OCC)cs1)C(=O)c1ccccc1Cl. The summed E-state index contributed by atoms with van der Waals surface area (Å²) in [4.78, 5) is 30.7. The van der Waals surface area contributed by atoms with Crippen LogP contribution in [0.15, 0.2) is 29.6 Å². The molecule has 0 aliphatic carbocycles. The Balaban J connectivity index is 2.13. The normalized spacial score (nSPS) is 10.6. The van der Waals surface area contributed by atoms with E-state index in [9.17, 15) is 9.59 Å². The van der Waals surface area contributed by atoms with Crippen LogP contribution in [0.3, 0.4) is 0 Å². The molecule has 0 aliphatic heterocycles. The van der Waals surface area contributed by atoms with E-state index in [2.05, 4.69) is 4.98 Å². The Morgan fingerprint density at radius 1 is 1.22 bits per heavy atom. The van der Waals surface area contributed by atoms with Gasteiger partial charge >= 0.3 is 5.97 Å².